The summed E-state index contributed by atoms with van der Waals surface area (Å²) >= 11 is 1.56. The summed E-state index contributed by atoms with van der Waals surface area (Å²) in [6.07, 6.45) is -0.869. The molecule has 1 heterocycles. The molecule has 0 unspecified atom stereocenters. The van der Waals surface area contributed by atoms with E-state index in [-0.39, 0.29) is 5.91 Å². The van der Waals surface area contributed by atoms with Crippen LogP contribution in [-0.2, 0) is 23.8 Å². The summed E-state index contributed by atoms with van der Waals surface area (Å²) in [5, 5.41) is 0. The molecule has 1 saturated heterocycles. The fourth-order valence-corrected chi connectivity index (χ4v) is 4.83. The zero-order valence-electron chi connectivity index (χ0n) is 16.0. The Hall–Kier alpha value is -2.15. The van der Waals surface area contributed by atoms with Gasteiger partial charge in [0.1, 0.15) is 0 Å². The summed E-state index contributed by atoms with van der Waals surface area (Å²) < 4.78 is 38.8. The van der Waals surface area contributed by atoms with Crippen molar-refractivity contribution in [3.63, 3.8) is 0 Å². The third-order valence-electron chi connectivity index (χ3n) is 5.60. The van der Waals surface area contributed by atoms with Crippen LogP contribution in [0.1, 0.15) is 23.1 Å². The van der Waals surface area contributed by atoms with Gasteiger partial charge < -0.3 is 9.80 Å². The van der Waals surface area contributed by atoms with E-state index in [1.54, 1.807) is 17.8 Å². The van der Waals surface area contributed by atoms with Gasteiger partial charge in [-0.1, -0.05) is 12.1 Å². The van der Waals surface area contributed by atoms with Crippen LogP contribution in [0.15, 0.2) is 47.4 Å². The number of piperazine rings is 1. The molecule has 1 aliphatic heterocycles. The molecule has 7 heteroatoms. The average Bonchev–Trinajstić information content (AvgIpc) is 3.19. The second-order valence-corrected chi connectivity index (χ2v) is 8.54. The van der Waals surface area contributed by atoms with E-state index in [2.05, 4.69) is 18.2 Å². The van der Waals surface area contributed by atoms with Crippen molar-refractivity contribution in [2.75, 3.05) is 36.8 Å². The quantitative estimate of drug-likeness (QED) is 0.674. The van der Waals surface area contributed by atoms with Crippen LogP contribution in [0, 0.1) is 0 Å². The monoisotopic (exact) mass is 420 g/mol. The number of nitrogens with zero attached hydrogens (tertiary/aromatic N) is 2. The molecule has 0 aromatic heterocycles. The normalized spacial score (nSPS) is 16.8. The molecule has 0 N–H and O–H groups in total. The van der Waals surface area contributed by atoms with Crippen LogP contribution in [0.3, 0.4) is 0 Å². The van der Waals surface area contributed by atoms with E-state index in [4.69, 9.17) is 0 Å². The van der Waals surface area contributed by atoms with Crippen molar-refractivity contribution < 1.29 is 18.0 Å². The lowest BCUT2D eigenvalue weighted by molar-refractivity contribution is -0.137. The van der Waals surface area contributed by atoms with E-state index in [0.717, 1.165) is 23.8 Å². The molecule has 2 aromatic rings. The predicted molar refractivity (Wildman–Crippen MR) is 109 cm³/mol. The summed E-state index contributed by atoms with van der Waals surface area (Å²) in [6, 6.07) is 11.8. The third-order valence-corrected chi connectivity index (χ3v) is 6.58. The first-order chi connectivity index (χ1) is 13.9. The first kappa shape index (κ1) is 20.1. The van der Waals surface area contributed by atoms with E-state index in [1.807, 2.05) is 9.80 Å². The third kappa shape index (κ3) is 4.71. The number of anilines is 1. The first-order valence-corrected chi connectivity index (χ1v) is 10.8. The Morgan fingerprint density at radius 3 is 2.48 bits per heavy atom. The van der Waals surface area contributed by atoms with E-state index in [9.17, 15) is 18.0 Å². The number of hydrogen-bond donors (Lipinski definition) is 0. The van der Waals surface area contributed by atoms with Crippen LogP contribution < -0.4 is 4.90 Å². The van der Waals surface area contributed by atoms with Gasteiger partial charge in [0.15, 0.2) is 0 Å². The lowest BCUT2D eigenvalue weighted by Gasteiger charge is -2.36. The maximum atomic E-state index is 12.9. The van der Waals surface area contributed by atoms with Crippen molar-refractivity contribution in [1.82, 2.24) is 4.90 Å². The van der Waals surface area contributed by atoms with Crippen molar-refractivity contribution in [2.24, 2.45) is 0 Å². The molecule has 1 amide bonds. The molecule has 0 bridgehead atoms. The van der Waals surface area contributed by atoms with Gasteiger partial charge >= 0.3 is 6.18 Å². The van der Waals surface area contributed by atoms with Gasteiger partial charge in [0.05, 0.1) is 11.3 Å². The largest absolute Gasteiger partial charge is 0.416 e. The van der Waals surface area contributed by atoms with Crippen LogP contribution in [0.4, 0.5) is 18.9 Å². The highest BCUT2D eigenvalue weighted by Gasteiger charge is 2.31. The fourth-order valence-electron chi connectivity index (χ4n) is 3.97. The Morgan fingerprint density at radius 1 is 0.966 bits per heavy atom. The minimum atomic E-state index is -4.34. The molecule has 2 aromatic carbocycles. The van der Waals surface area contributed by atoms with Crippen LogP contribution in [0.25, 0.3) is 0 Å². The maximum absolute atomic E-state index is 12.9. The number of carbonyl (C=O) groups is 1. The van der Waals surface area contributed by atoms with Crippen LogP contribution in [0.2, 0.25) is 0 Å². The topological polar surface area (TPSA) is 23.6 Å². The molecule has 1 aliphatic carbocycles. The van der Waals surface area contributed by atoms with Crippen LogP contribution in [0.5, 0.6) is 0 Å². The highest BCUT2D eigenvalue weighted by atomic mass is 32.2. The SMILES string of the molecule is O=C(CSc1ccc2c(c1)CCC2)N1CCN(c2cccc(C(F)(F)F)c2)CC1. The lowest BCUT2D eigenvalue weighted by Crippen LogP contribution is -2.49. The Bertz CT molecular complexity index is 892. The molecular weight excluding hydrogens is 397 g/mol. The number of carbonyl (C=O) groups excluding carboxylic acids is 1. The Kier molecular flexibility index (Phi) is 5.76. The summed E-state index contributed by atoms with van der Waals surface area (Å²) in [5.41, 5.74) is 2.74. The summed E-state index contributed by atoms with van der Waals surface area (Å²) in [7, 11) is 0. The standard InChI is InChI=1S/C22H23F3N2OS/c23-22(24,25)18-5-2-6-19(14-18)26-9-11-27(12-10-26)21(28)15-29-20-8-7-16-3-1-4-17(16)13-20/h2,5-8,13-14H,1,3-4,9-12,15H2. The van der Waals surface area contributed by atoms with Crippen molar-refractivity contribution in [3.05, 3.63) is 59.2 Å². The first-order valence-electron chi connectivity index (χ1n) is 9.85. The minimum absolute atomic E-state index is 0.0826. The minimum Gasteiger partial charge on any atom is -0.368 e. The summed E-state index contributed by atoms with van der Waals surface area (Å²) in [6.45, 7) is 2.13. The number of aryl methyl sites for hydroxylation is 2. The molecular formula is C22H23F3N2OS. The number of alkyl halides is 3. The van der Waals surface area contributed by atoms with Gasteiger partial charge in [-0.05, 0) is 60.7 Å². The molecule has 0 spiro atoms. The van der Waals surface area contributed by atoms with Crippen molar-refractivity contribution >= 4 is 23.4 Å². The Morgan fingerprint density at radius 2 is 1.72 bits per heavy atom. The molecule has 3 nitrogen and oxygen atoms in total. The van der Waals surface area contributed by atoms with Gasteiger partial charge in [0, 0.05) is 36.8 Å². The number of benzene rings is 2. The zero-order chi connectivity index (χ0) is 20.4. The van der Waals surface area contributed by atoms with Gasteiger partial charge in [-0.25, -0.2) is 0 Å². The number of rotatable bonds is 4. The zero-order valence-corrected chi connectivity index (χ0v) is 16.9. The molecule has 1 fully saturated rings. The number of thioether (sulfide) groups is 1. The van der Waals surface area contributed by atoms with Gasteiger partial charge in [0.25, 0.3) is 0 Å². The van der Waals surface area contributed by atoms with E-state index in [0.29, 0.717) is 37.6 Å². The Labute approximate surface area is 172 Å². The van der Waals surface area contributed by atoms with E-state index >= 15 is 0 Å². The number of amides is 1. The highest BCUT2D eigenvalue weighted by molar-refractivity contribution is 8.00. The number of halogens is 3. The fraction of sp³-hybridized carbons (Fsp3) is 0.409. The van der Waals surface area contributed by atoms with Crippen molar-refractivity contribution in [1.29, 1.82) is 0 Å². The number of hydrogen-bond acceptors (Lipinski definition) is 3. The highest BCUT2D eigenvalue weighted by Crippen LogP contribution is 2.32. The predicted octanol–water partition coefficient (Wildman–Crippen LogP) is 4.64. The van der Waals surface area contributed by atoms with Gasteiger partial charge in [-0.3, -0.25) is 4.79 Å². The van der Waals surface area contributed by atoms with Gasteiger partial charge in [0.2, 0.25) is 5.91 Å². The molecule has 154 valence electrons. The number of fused-ring (bicyclic) bond motifs is 1. The molecule has 4 rings (SSSR count). The van der Waals surface area contributed by atoms with Crippen LogP contribution in [-0.4, -0.2) is 42.7 Å². The van der Waals surface area contributed by atoms with Crippen molar-refractivity contribution in [2.45, 2.75) is 30.3 Å². The molecule has 2 aliphatic rings. The summed E-state index contributed by atoms with van der Waals surface area (Å²) in [5.74, 6) is 0.474. The molecule has 0 atom stereocenters. The Balaban J connectivity index is 1.30. The summed E-state index contributed by atoms with van der Waals surface area (Å²) in [4.78, 5) is 17.4. The van der Waals surface area contributed by atoms with E-state index < -0.39 is 11.7 Å². The average molecular weight is 421 g/mol. The van der Waals surface area contributed by atoms with E-state index in [1.165, 1.54) is 29.7 Å². The maximum Gasteiger partial charge on any atom is 0.416 e. The van der Waals surface area contributed by atoms with Crippen molar-refractivity contribution in [3.8, 4) is 0 Å². The lowest BCUT2D eigenvalue weighted by atomic mass is 10.1. The molecule has 0 radical (unpaired) electrons. The van der Waals surface area contributed by atoms with Crippen LogP contribution >= 0.6 is 11.8 Å². The molecule has 29 heavy (non-hydrogen) atoms. The molecule has 0 saturated carbocycles. The second kappa shape index (κ2) is 8.30. The van der Waals surface area contributed by atoms with Gasteiger partial charge in [-0.15, -0.1) is 11.8 Å². The van der Waals surface area contributed by atoms with Gasteiger partial charge in [-0.2, -0.15) is 13.2 Å². The second-order valence-electron chi connectivity index (χ2n) is 7.49. The smallest absolute Gasteiger partial charge is 0.368 e.